The van der Waals surface area contributed by atoms with Crippen LogP contribution >= 0.6 is 0 Å². The first-order valence-corrected chi connectivity index (χ1v) is 5.99. The van der Waals surface area contributed by atoms with Crippen LogP contribution in [0.2, 0.25) is 0 Å². The molecular formula is C14H12N4O3. The average Bonchev–Trinajstić information content (AvgIpc) is 2.48. The molecule has 0 saturated heterocycles. The Labute approximate surface area is 120 Å². The first-order valence-electron chi connectivity index (χ1n) is 5.99. The normalized spacial score (nSPS) is 10.5. The molecule has 7 nitrogen and oxygen atoms in total. The standard InChI is InChI=1S/C14H12N4O3/c15-11-4-7-13(16-9-11)17-14(19)8-3-10-1-5-12(6-2-10)18(20)21/h1-9H,15H2,(H,16,17,19)/b8-3+. The lowest BCUT2D eigenvalue weighted by Gasteiger charge is -2.01. The topological polar surface area (TPSA) is 111 Å². The second kappa shape index (κ2) is 6.29. The summed E-state index contributed by atoms with van der Waals surface area (Å²) in [6.45, 7) is 0. The second-order valence-electron chi connectivity index (χ2n) is 4.15. The van der Waals surface area contributed by atoms with E-state index < -0.39 is 4.92 Å². The number of pyridine rings is 1. The molecule has 0 aliphatic rings. The Balaban J connectivity index is 1.98. The number of carbonyl (C=O) groups is 1. The van der Waals surface area contributed by atoms with Crippen molar-refractivity contribution in [2.45, 2.75) is 0 Å². The maximum absolute atomic E-state index is 11.7. The van der Waals surface area contributed by atoms with Crippen LogP contribution < -0.4 is 11.1 Å². The Morgan fingerprint density at radius 3 is 2.52 bits per heavy atom. The molecule has 106 valence electrons. The van der Waals surface area contributed by atoms with Crippen LogP contribution in [0.15, 0.2) is 48.7 Å². The number of amides is 1. The number of hydrogen-bond acceptors (Lipinski definition) is 5. The molecule has 1 heterocycles. The summed E-state index contributed by atoms with van der Waals surface area (Å²) in [6.07, 6.45) is 4.31. The number of nitrogens with zero attached hydrogens (tertiary/aromatic N) is 2. The van der Waals surface area contributed by atoms with E-state index in [1.54, 1.807) is 30.3 Å². The van der Waals surface area contributed by atoms with E-state index in [4.69, 9.17) is 5.73 Å². The molecule has 0 unspecified atom stereocenters. The smallest absolute Gasteiger partial charge is 0.269 e. The van der Waals surface area contributed by atoms with Gasteiger partial charge in [0.1, 0.15) is 5.82 Å². The predicted octanol–water partition coefficient (Wildman–Crippen LogP) is 2.22. The van der Waals surface area contributed by atoms with Crippen molar-refractivity contribution in [1.82, 2.24) is 4.98 Å². The number of anilines is 2. The molecule has 1 aromatic carbocycles. The molecule has 0 atom stereocenters. The van der Waals surface area contributed by atoms with Gasteiger partial charge in [0.15, 0.2) is 0 Å². The minimum atomic E-state index is -0.479. The van der Waals surface area contributed by atoms with E-state index in [9.17, 15) is 14.9 Å². The Bertz CT molecular complexity index is 678. The average molecular weight is 284 g/mol. The minimum Gasteiger partial charge on any atom is -0.397 e. The fourth-order valence-electron chi connectivity index (χ4n) is 1.53. The molecule has 2 rings (SSSR count). The molecule has 1 aromatic heterocycles. The summed E-state index contributed by atoms with van der Waals surface area (Å²) in [4.78, 5) is 25.6. The van der Waals surface area contributed by atoms with E-state index in [0.29, 0.717) is 17.1 Å². The summed E-state index contributed by atoms with van der Waals surface area (Å²) in [5.74, 6) is 0.0353. The lowest BCUT2D eigenvalue weighted by atomic mass is 10.2. The van der Waals surface area contributed by atoms with Crippen molar-refractivity contribution >= 4 is 29.2 Å². The zero-order chi connectivity index (χ0) is 15.2. The van der Waals surface area contributed by atoms with Crippen molar-refractivity contribution in [1.29, 1.82) is 0 Å². The quantitative estimate of drug-likeness (QED) is 0.508. The molecule has 0 spiro atoms. The van der Waals surface area contributed by atoms with Crippen molar-refractivity contribution in [2.24, 2.45) is 0 Å². The Morgan fingerprint density at radius 2 is 1.95 bits per heavy atom. The summed E-state index contributed by atoms with van der Waals surface area (Å²) in [6, 6.07) is 9.08. The predicted molar refractivity (Wildman–Crippen MR) is 79.4 cm³/mol. The van der Waals surface area contributed by atoms with E-state index in [1.165, 1.54) is 24.4 Å². The van der Waals surface area contributed by atoms with Crippen LogP contribution in [0.5, 0.6) is 0 Å². The van der Waals surface area contributed by atoms with Gasteiger partial charge in [0.05, 0.1) is 16.8 Å². The number of rotatable bonds is 4. The Kier molecular flexibility index (Phi) is 4.25. The van der Waals surface area contributed by atoms with Crippen LogP contribution in [0.3, 0.4) is 0 Å². The van der Waals surface area contributed by atoms with Gasteiger partial charge in [-0.15, -0.1) is 0 Å². The second-order valence-corrected chi connectivity index (χ2v) is 4.15. The number of nitrogens with one attached hydrogen (secondary N) is 1. The van der Waals surface area contributed by atoms with Crippen molar-refractivity contribution in [2.75, 3.05) is 11.1 Å². The third-order valence-corrected chi connectivity index (χ3v) is 2.57. The van der Waals surface area contributed by atoms with Gasteiger partial charge < -0.3 is 11.1 Å². The zero-order valence-corrected chi connectivity index (χ0v) is 10.9. The van der Waals surface area contributed by atoms with E-state index in [2.05, 4.69) is 10.3 Å². The molecule has 0 aliphatic heterocycles. The van der Waals surface area contributed by atoms with Gasteiger partial charge in [0.25, 0.3) is 5.69 Å². The highest BCUT2D eigenvalue weighted by Gasteiger charge is 2.03. The largest absolute Gasteiger partial charge is 0.397 e. The third-order valence-electron chi connectivity index (χ3n) is 2.57. The fourth-order valence-corrected chi connectivity index (χ4v) is 1.53. The van der Waals surface area contributed by atoms with Crippen molar-refractivity contribution in [3.63, 3.8) is 0 Å². The van der Waals surface area contributed by atoms with Crippen LogP contribution in [0.25, 0.3) is 6.08 Å². The van der Waals surface area contributed by atoms with Crippen LogP contribution in [0.1, 0.15) is 5.56 Å². The molecule has 0 radical (unpaired) electrons. The number of aromatic nitrogens is 1. The SMILES string of the molecule is Nc1ccc(NC(=O)/C=C/c2ccc([N+](=O)[O-])cc2)nc1. The lowest BCUT2D eigenvalue weighted by Crippen LogP contribution is -2.09. The first kappa shape index (κ1) is 14.2. The summed E-state index contributed by atoms with van der Waals surface area (Å²) in [7, 11) is 0. The fraction of sp³-hybridized carbons (Fsp3) is 0. The van der Waals surface area contributed by atoms with Crippen molar-refractivity contribution in [3.8, 4) is 0 Å². The highest BCUT2D eigenvalue weighted by Crippen LogP contribution is 2.13. The number of nitro benzene ring substituents is 1. The molecule has 1 amide bonds. The first-order chi connectivity index (χ1) is 10.0. The number of non-ortho nitro benzene ring substituents is 1. The molecule has 0 saturated carbocycles. The van der Waals surface area contributed by atoms with E-state index in [1.807, 2.05) is 0 Å². The van der Waals surface area contributed by atoms with Crippen molar-refractivity contribution in [3.05, 3.63) is 64.3 Å². The van der Waals surface area contributed by atoms with Gasteiger partial charge in [-0.3, -0.25) is 14.9 Å². The van der Waals surface area contributed by atoms with E-state index >= 15 is 0 Å². The monoisotopic (exact) mass is 284 g/mol. The molecule has 0 aliphatic carbocycles. The van der Waals surface area contributed by atoms with Crippen LogP contribution in [-0.2, 0) is 4.79 Å². The minimum absolute atomic E-state index is 0.00248. The van der Waals surface area contributed by atoms with Crippen LogP contribution in [-0.4, -0.2) is 15.8 Å². The Hall–Kier alpha value is -3.22. The molecule has 7 heteroatoms. The summed E-state index contributed by atoms with van der Waals surface area (Å²) < 4.78 is 0. The molecule has 2 aromatic rings. The zero-order valence-electron chi connectivity index (χ0n) is 10.9. The van der Waals surface area contributed by atoms with Gasteiger partial charge in [-0.2, -0.15) is 0 Å². The van der Waals surface area contributed by atoms with Crippen LogP contribution in [0.4, 0.5) is 17.2 Å². The lowest BCUT2D eigenvalue weighted by molar-refractivity contribution is -0.384. The summed E-state index contributed by atoms with van der Waals surface area (Å²) in [5.41, 5.74) is 6.68. The van der Waals surface area contributed by atoms with Crippen LogP contribution in [0, 0.1) is 10.1 Å². The summed E-state index contributed by atoms with van der Waals surface area (Å²) in [5, 5.41) is 13.1. The van der Waals surface area contributed by atoms with Gasteiger partial charge in [-0.1, -0.05) is 0 Å². The number of benzene rings is 1. The molecule has 0 bridgehead atoms. The number of hydrogen-bond donors (Lipinski definition) is 2. The summed E-state index contributed by atoms with van der Waals surface area (Å²) >= 11 is 0. The number of nitrogens with two attached hydrogens (primary N) is 1. The van der Waals surface area contributed by atoms with Gasteiger partial charge in [-0.05, 0) is 35.9 Å². The van der Waals surface area contributed by atoms with Gasteiger partial charge in [0, 0.05) is 18.2 Å². The van der Waals surface area contributed by atoms with Gasteiger partial charge >= 0.3 is 0 Å². The molecule has 21 heavy (non-hydrogen) atoms. The molecular weight excluding hydrogens is 272 g/mol. The molecule has 0 fully saturated rings. The highest BCUT2D eigenvalue weighted by atomic mass is 16.6. The van der Waals surface area contributed by atoms with Gasteiger partial charge in [0.2, 0.25) is 5.91 Å². The van der Waals surface area contributed by atoms with E-state index in [-0.39, 0.29) is 11.6 Å². The third kappa shape index (κ3) is 4.13. The highest BCUT2D eigenvalue weighted by molar-refractivity contribution is 6.01. The number of nitro groups is 1. The Morgan fingerprint density at radius 1 is 1.24 bits per heavy atom. The maximum Gasteiger partial charge on any atom is 0.269 e. The molecule has 3 N–H and O–H groups in total. The number of carbonyl (C=O) groups excluding carboxylic acids is 1. The van der Waals surface area contributed by atoms with Crippen molar-refractivity contribution < 1.29 is 9.72 Å². The number of nitrogen functional groups attached to an aromatic ring is 1. The maximum atomic E-state index is 11.7. The van der Waals surface area contributed by atoms with E-state index in [0.717, 1.165) is 0 Å². The van der Waals surface area contributed by atoms with Gasteiger partial charge in [-0.25, -0.2) is 4.98 Å².